The van der Waals surface area contributed by atoms with Crippen LogP contribution in [0.3, 0.4) is 0 Å². The Kier molecular flexibility index (Phi) is 3.78. The summed E-state index contributed by atoms with van der Waals surface area (Å²) in [6.45, 7) is 0. The Balaban J connectivity index is 2.43. The number of ether oxygens (including phenoxy) is 1. The van der Waals surface area contributed by atoms with Crippen molar-refractivity contribution in [3.8, 4) is 17.6 Å². The van der Waals surface area contributed by atoms with E-state index in [1.807, 2.05) is 6.07 Å². The lowest BCUT2D eigenvalue weighted by Crippen LogP contribution is -1.94. The first-order valence-electron chi connectivity index (χ1n) is 5.22. The van der Waals surface area contributed by atoms with Crippen molar-refractivity contribution >= 4 is 21.6 Å². The molecule has 0 unspecified atom stereocenters. The van der Waals surface area contributed by atoms with E-state index in [0.717, 1.165) is 4.47 Å². The lowest BCUT2D eigenvalue weighted by Gasteiger charge is -2.07. The van der Waals surface area contributed by atoms with Crippen molar-refractivity contribution in [3.63, 3.8) is 0 Å². The fourth-order valence-corrected chi connectivity index (χ4v) is 1.85. The predicted octanol–water partition coefficient (Wildman–Crippen LogP) is 4.02. The molecular weight excluding hydrogens is 312 g/mol. The van der Waals surface area contributed by atoms with Gasteiger partial charge in [0.25, 0.3) is 0 Å². The van der Waals surface area contributed by atoms with Gasteiger partial charge in [0.05, 0.1) is 10.5 Å². The molecular formula is C13H7BrN2O3. The van der Waals surface area contributed by atoms with E-state index in [9.17, 15) is 10.1 Å². The Hall–Kier alpha value is -2.39. The normalized spacial score (nSPS) is 9.68. The molecule has 0 spiro atoms. The topological polar surface area (TPSA) is 76.2 Å². The smallest absolute Gasteiger partial charge is 0.311 e. The van der Waals surface area contributed by atoms with Gasteiger partial charge in [0.15, 0.2) is 0 Å². The summed E-state index contributed by atoms with van der Waals surface area (Å²) >= 11 is 3.25. The molecule has 0 N–H and O–H groups in total. The Morgan fingerprint density at radius 1 is 1.21 bits per heavy atom. The third-order valence-corrected chi connectivity index (χ3v) is 2.84. The molecule has 6 heteroatoms. The van der Waals surface area contributed by atoms with Gasteiger partial charge in [-0.15, -0.1) is 0 Å². The summed E-state index contributed by atoms with van der Waals surface area (Å²) in [6, 6.07) is 12.9. The minimum absolute atomic E-state index is 0.103. The van der Waals surface area contributed by atoms with E-state index in [4.69, 9.17) is 10.00 Å². The van der Waals surface area contributed by atoms with Crippen LogP contribution in [0.2, 0.25) is 0 Å². The van der Waals surface area contributed by atoms with Crippen molar-refractivity contribution in [2.24, 2.45) is 0 Å². The van der Waals surface area contributed by atoms with Gasteiger partial charge in [-0.1, -0.05) is 28.1 Å². The van der Waals surface area contributed by atoms with Crippen LogP contribution < -0.4 is 4.74 Å². The van der Waals surface area contributed by atoms with Gasteiger partial charge in [0.2, 0.25) is 5.75 Å². The number of hydrogen-bond donors (Lipinski definition) is 0. The molecule has 0 bridgehead atoms. The summed E-state index contributed by atoms with van der Waals surface area (Å²) in [5.74, 6) is 0.381. The first-order chi connectivity index (χ1) is 9.11. The standard InChI is InChI=1S/C13H7BrN2O3/c14-10-5-6-12(9(7-10)8-15)19-13-4-2-1-3-11(13)16(17)18/h1-7H. The third kappa shape index (κ3) is 2.89. The van der Waals surface area contributed by atoms with Crippen molar-refractivity contribution in [3.05, 3.63) is 62.6 Å². The number of benzene rings is 2. The Bertz CT molecular complexity index is 680. The highest BCUT2D eigenvalue weighted by atomic mass is 79.9. The third-order valence-electron chi connectivity index (χ3n) is 2.34. The van der Waals surface area contributed by atoms with Gasteiger partial charge in [-0.05, 0) is 24.3 Å². The minimum Gasteiger partial charge on any atom is -0.449 e. The Morgan fingerprint density at radius 2 is 1.95 bits per heavy atom. The number of nitriles is 1. The van der Waals surface area contributed by atoms with Gasteiger partial charge < -0.3 is 4.74 Å². The SMILES string of the molecule is N#Cc1cc(Br)ccc1Oc1ccccc1[N+](=O)[O-]. The molecule has 0 saturated carbocycles. The van der Waals surface area contributed by atoms with Crippen molar-refractivity contribution in [2.45, 2.75) is 0 Å². The maximum Gasteiger partial charge on any atom is 0.311 e. The highest BCUT2D eigenvalue weighted by Gasteiger charge is 2.15. The maximum absolute atomic E-state index is 10.9. The van der Waals surface area contributed by atoms with Crippen molar-refractivity contribution in [1.82, 2.24) is 0 Å². The van der Waals surface area contributed by atoms with E-state index < -0.39 is 4.92 Å². The number of rotatable bonds is 3. The van der Waals surface area contributed by atoms with Crippen LogP contribution in [0.25, 0.3) is 0 Å². The molecule has 2 aromatic rings. The predicted molar refractivity (Wildman–Crippen MR) is 72.0 cm³/mol. The van der Waals surface area contributed by atoms with Crippen molar-refractivity contribution < 1.29 is 9.66 Å². The monoisotopic (exact) mass is 318 g/mol. The van der Waals surface area contributed by atoms with E-state index in [1.54, 1.807) is 30.3 Å². The Morgan fingerprint density at radius 3 is 2.63 bits per heavy atom. The van der Waals surface area contributed by atoms with Gasteiger partial charge in [0.1, 0.15) is 11.8 Å². The number of para-hydroxylation sites is 2. The summed E-state index contributed by atoms with van der Waals surface area (Å²) in [5, 5.41) is 19.9. The number of nitrogens with zero attached hydrogens (tertiary/aromatic N) is 2. The molecule has 0 heterocycles. The van der Waals surface area contributed by atoms with Crippen LogP contribution in [0, 0.1) is 21.4 Å². The van der Waals surface area contributed by atoms with E-state index >= 15 is 0 Å². The molecule has 0 aromatic heterocycles. The quantitative estimate of drug-likeness (QED) is 0.632. The molecule has 0 fully saturated rings. The van der Waals surface area contributed by atoms with Crippen LogP contribution >= 0.6 is 15.9 Å². The molecule has 5 nitrogen and oxygen atoms in total. The molecule has 0 aliphatic rings. The van der Waals surface area contributed by atoms with E-state index in [2.05, 4.69) is 15.9 Å². The highest BCUT2D eigenvalue weighted by Crippen LogP contribution is 2.33. The molecule has 0 amide bonds. The summed E-state index contributed by atoms with van der Waals surface area (Å²) in [5.41, 5.74) is 0.154. The van der Waals surface area contributed by atoms with E-state index in [1.165, 1.54) is 12.1 Å². The van der Waals surface area contributed by atoms with Crippen molar-refractivity contribution in [1.29, 1.82) is 5.26 Å². The zero-order chi connectivity index (χ0) is 13.8. The van der Waals surface area contributed by atoms with Crippen LogP contribution in [0.5, 0.6) is 11.5 Å². The summed E-state index contributed by atoms with van der Waals surface area (Å²) in [7, 11) is 0. The number of halogens is 1. The zero-order valence-corrected chi connectivity index (χ0v) is 11.1. The summed E-state index contributed by atoms with van der Waals surface area (Å²) in [4.78, 5) is 10.3. The molecule has 2 rings (SSSR count). The number of nitro benzene ring substituents is 1. The number of nitro groups is 1. The van der Waals surface area contributed by atoms with Gasteiger partial charge in [-0.2, -0.15) is 5.26 Å². The van der Waals surface area contributed by atoms with Crippen LogP contribution in [0.15, 0.2) is 46.9 Å². The fraction of sp³-hybridized carbons (Fsp3) is 0. The highest BCUT2D eigenvalue weighted by molar-refractivity contribution is 9.10. The van der Waals surface area contributed by atoms with Crippen LogP contribution in [0.4, 0.5) is 5.69 Å². The minimum atomic E-state index is -0.528. The molecule has 0 saturated heterocycles. The van der Waals surface area contributed by atoms with Gasteiger partial charge >= 0.3 is 5.69 Å². The first kappa shape index (κ1) is 13.1. The molecule has 19 heavy (non-hydrogen) atoms. The lowest BCUT2D eigenvalue weighted by atomic mass is 10.2. The van der Waals surface area contributed by atoms with Crippen LogP contribution in [-0.2, 0) is 0 Å². The van der Waals surface area contributed by atoms with Crippen molar-refractivity contribution in [2.75, 3.05) is 0 Å². The molecule has 2 aromatic carbocycles. The molecule has 0 aliphatic carbocycles. The van der Waals surface area contributed by atoms with Gasteiger partial charge in [-0.25, -0.2) is 0 Å². The second-order valence-corrected chi connectivity index (χ2v) is 4.49. The van der Waals surface area contributed by atoms with Gasteiger partial charge in [0, 0.05) is 10.5 Å². The maximum atomic E-state index is 10.9. The summed E-state index contributed by atoms with van der Waals surface area (Å²) in [6.07, 6.45) is 0. The average Bonchev–Trinajstić information content (AvgIpc) is 2.41. The molecule has 94 valence electrons. The largest absolute Gasteiger partial charge is 0.449 e. The van der Waals surface area contributed by atoms with Gasteiger partial charge in [-0.3, -0.25) is 10.1 Å². The van der Waals surface area contributed by atoms with E-state index in [-0.39, 0.29) is 17.2 Å². The second kappa shape index (κ2) is 5.50. The van der Waals surface area contributed by atoms with Crippen LogP contribution in [0.1, 0.15) is 5.56 Å². The lowest BCUT2D eigenvalue weighted by molar-refractivity contribution is -0.385. The summed E-state index contributed by atoms with van der Waals surface area (Å²) < 4.78 is 6.20. The molecule has 0 aliphatic heterocycles. The first-order valence-corrected chi connectivity index (χ1v) is 6.02. The fourth-order valence-electron chi connectivity index (χ4n) is 1.49. The molecule has 0 radical (unpaired) electrons. The Labute approximate surface area is 117 Å². The van der Waals surface area contributed by atoms with E-state index in [0.29, 0.717) is 5.56 Å². The second-order valence-electron chi connectivity index (χ2n) is 3.58. The zero-order valence-electron chi connectivity index (χ0n) is 9.54. The van der Waals surface area contributed by atoms with Crippen LogP contribution in [-0.4, -0.2) is 4.92 Å². The molecule has 0 atom stereocenters. The average molecular weight is 319 g/mol. The number of hydrogen-bond acceptors (Lipinski definition) is 4.